The van der Waals surface area contributed by atoms with E-state index in [4.69, 9.17) is 9.97 Å². The molecule has 0 unspecified atom stereocenters. The molecule has 0 spiro atoms. The maximum atomic E-state index is 5.23. The van der Waals surface area contributed by atoms with Gasteiger partial charge in [-0.3, -0.25) is 9.97 Å². The predicted molar refractivity (Wildman–Crippen MR) is 251 cm³/mol. The first-order valence-electron chi connectivity index (χ1n) is 21.2. The van der Waals surface area contributed by atoms with Crippen molar-refractivity contribution in [3.8, 4) is 72.8 Å². The number of nitrogens with zero attached hydrogens (tertiary/aromatic N) is 4. The molecular formula is C57H42N4. The van der Waals surface area contributed by atoms with Gasteiger partial charge < -0.3 is 4.57 Å². The summed E-state index contributed by atoms with van der Waals surface area (Å²) < 4.78 is 2.40. The van der Waals surface area contributed by atoms with Gasteiger partial charge in [-0.1, -0.05) is 131 Å². The van der Waals surface area contributed by atoms with Gasteiger partial charge in [0.1, 0.15) is 0 Å². The van der Waals surface area contributed by atoms with E-state index in [1.165, 1.54) is 66.7 Å². The van der Waals surface area contributed by atoms with E-state index in [0.717, 1.165) is 50.2 Å². The lowest BCUT2D eigenvalue weighted by Gasteiger charge is -2.22. The van der Waals surface area contributed by atoms with Crippen LogP contribution in [0.5, 0.6) is 0 Å². The summed E-state index contributed by atoms with van der Waals surface area (Å²) in [7, 11) is 0. The zero-order chi connectivity index (χ0) is 41.0. The molecule has 0 bridgehead atoms. The Kier molecular flexibility index (Phi) is 7.59. The standard InChI is InChI=1S/C57H42N4/c1-56(2)47-13-7-5-11-41(47)43-23-20-38(30-49(43)56)52-31-39(32-53(60-52)51-15-9-10-27-59-51)36-18-16-35(17-19-36)37-21-25-54-45(29-37)46-34-58-28-26-55(46)61(54)40-22-24-44-42-12-6-8-14-48(42)57(3,4)50(44)33-40/h5-34H,1-4H3. The molecule has 6 aromatic carbocycles. The lowest BCUT2D eigenvalue weighted by Crippen LogP contribution is -2.15. The van der Waals surface area contributed by atoms with Crippen LogP contribution in [0.2, 0.25) is 0 Å². The van der Waals surface area contributed by atoms with E-state index in [-0.39, 0.29) is 10.8 Å². The summed E-state index contributed by atoms with van der Waals surface area (Å²) in [6.45, 7) is 9.34. The van der Waals surface area contributed by atoms with Crippen LogP contribution in [0.15, 0.2) is 182 Å². The smallest absolute Gasteiger partial charge is 0.0899 e. The molecule has 0 radical (unpaired) electrons. The van der Waals surface area contributed by atoms with E-state index in [1.807, 2.05) is 36.8 Å². The van der Waals surface area contributed by atoms with Gasteiger partial charge in [0, 0.05) is 51.4 Å². The van der Waals surface area contributed by atoms with Crippen LogP contribution in [0.25, 0.3) is 94.6 Å². The van der Waals surface area contributed by atoms with Crippen LogP contribution >= 0.6 is 0 Å². The summed E-state index contributed by atoms with van der Waals surface area (Å²) in [5.74, 6) is 0. The van der Waals surface area contributed by atoms with Gasteiger partial charge in [0.15, 0.2) is 0 Å². The first kappa shape index (κ1) is 35.5. The second-order valence-electron chi connectivity index (χ2n) is 17.7. The SMILES string of the molecule is CC1(C)c2ccccc2-c2ccc(-c3cc(-c4ccc(-c5ccc6c(c5)c5cnccc5n6-c5ccc6c(c5)C(C)(C)c5ccccc5-6)cc4)cc(-c4ccccn4)n3)cc21. The maximum absolute atomic E-state index is 5.23. The van der Waals surface area contributed by atoms with Crippen molar-refractivity contribution in [1.29, 1.82) is 0 Å². The first-order chi connectivity index (χ1) is 29.7. The van der Waals surface area contributed by atoms with E-state index < -0.39 is 0 Å². The number of aromatic nitrogens is 4. The molecule has 2 aliphatic rings. The minimum Gasteiger partial charge on any atom is -0.309 e. The van der Waals surface area contributed by atoms with Crippen molar-refractivity contribution in [3.05, 3.63) is 205 Å². The number of benzene rings is 6. The highest BCUT2D eigenvalue weighted by Crippen LogP contribution is 2.51. The van der Waals surface area contributed by atoms with Crippen LogP contribution < -0.4 is 0 Å². The van der Waals surface area contributed by atoms with Crippen LogP contribution in [0.3, 0.4) is 0 Å². The average Bonchev–Trinajstić information content (AvgIpc) is 3.85. The number of fused-ring (bicyclic) bond motifs is 9. The number of rotatable bonds is 5. The Morgan fingerprint density at radius 3 is 1.70 bits per heavy atom. The Balaban J connectivity index is 0.926. The summed E-state index contributed by atoms with van der Waals surface area (Å²) in [5, 5.41) is 2.33. The van der Waals surface area contributed by atoms with Crippen molar-refractivity contribution in [2.45, 2.75) is 38.5 Å². The van der Waals surface area contributed by atoms with Gasteiger partial charge in [0.05, 0.1) is 28.1 Å². The molecule has 10 aromatic rings. The highest BCUT2D eigenvalue weighted by molar-refractivity contribution is 6.10. The van der Waals surface area contributed by atoms with Crippen LogP contribution in [-0.4, -0.2) is 19.5 Å². The van der Waals surface area contributed by atoms with Crippen LogP contribution in [0.1, 0.15) is 49.9 Å². The molecule has 290 valence electrons. The molecular weight excluding hydrogens is 741 g/mol. The maximum Gasteiger partial charge on any atom is 0.0899 e. The lowest BCUT2D eigenvalue weighted by molar-refractivity contribution is 0.660. The van der Waals surface area contributed by atoms with Crippen molar-refractivity contribution >= 4 is 21.8 Å². The van der Waals surface area contributed by atoms with Crippen LogP contribution in [0.4, 0.5) is 0 Å². The fraction of sp³-hybridized carbons (Fsp3) is 0.105. The summed E-state index contributed by atoms with van der Waals surface area (Å²) in [4.78, 5) is 14.5. The topological polar surface area (TPSA) is 43.6 Å². The Bertz CT molecular complexity index is 3410. The van der Waals surface area contributed by atoms with Gasteiger partial charge in [-0.15, -0.1) is 0 Å². The van der Waals surface area contributed by atoms with Gasteiger partial charge in [0.2, 0.25) is 0 Å². The molecule has 0 saturated heterocycles. The lowest BCUT2D eigenvalue weighted by atomic mass is 9.82. The third-order valence-corrected chi connectivity index (χ3v) is 13.6. The number of hydrogen-bond acceptors (Lipinski definition) is 3. The quantitative estimate of drug-likeness (QED) is 0.175. The van der Waals surface area contributed by atoms with Crippen molar-refractivity contribution in [1.82, 2.24) is 19.5 Å². The van der Waals surface area contributed by atoms with E-state index in [1.54, 1.807) is 0 Å². The minimum atomic E-state index is -0.0976. The number of pyridine rings is 3. The van der Waals surface area contributed by atoms with Gasteiger partial charge >= 0.3 is 0 Å². The van der Waals surface area contributed by atoms with Crippen molar-refractivity contribution in [2.24, 2.45) is 0 Å². The zero-order valence-electron chi connectivity index (χ0n) is 34.6. The zero-order valence-corrected chi connectivity index (χ0v) is 34.6. The highest BCUT2D eigenvalue weighted by atomic mass is 15.0. The molecule has 0 saturated carbocycles. The second kappa shape index (κ2) is 13.0. The largest absolute Gasteiger partial charge is 0.309 e. The molecule has 12 rings (SSSR count). The predicted octanol–water partition coefficient (Wildman–Crippen LogP) is 14.2. The Labute approximate surface area is 355 Å². The molecule has 0 atom stereocenters. The van der Waals surface area contributed by atoms with Crippen molar-refractivity contribution < 1.29 is 0 Å². The summed E-state index contributed by atoms with van der Waals surface area (Å²) in [6, 6.07) is 59.8. The third kappa shape index (κ3) is 5.35. The summed E-state index contributed by atoms with van der Waals surface area (Å²) in [5.41, 5.74) is 22.3. The fourth-order valence-corrected chi connectivity index (χ4v) is 10.4. The minimum absolute atomic E-state index is 0.0780. The molecule has 4 aromatic heterocycles. The van der Waals surface area contributed by atoms with Crippen molar-refractivity contribution in [2.75, 3.05) is 0 Å². The highest BCUT2D eigenvalue weighted by Gasteiger charge is 2.36. The molecule has 4 heteroatoms. The first-order valence-corrected chi connectivity index (χ1v) is 21.2. The monoisotopic (exact) mass is 782 g/mol. The van der Waals surface area contributed by atoms with Gasteiger partial charge in [-0.2, -0.15) is 0 Å². The Morgan fingerprint density at radius 2 is 0.984 bits per heavy atom. The van der Waals surface area contributed by atoms with E-state index >= 15 is 0 Å². The molecule has 0 N–H and O–H groups in total. The van der Waals surface area contributed by atoms with Crippen LogP contribution in [-0.2, 0) is 10.8 Å². The normalized spacial score (nSPS) is 14.2. The third-order valence-electron chi connectivity index (χ3n) is 13.6. The van der Waals surface area contributed by atoms with Gasteiger partial charge in [0.25, 0.3) is 0 Å². The molecule has 4 nitrogen and oxygen atoms in total. The van der Waals surface area contributed by atoms with E-state index in [9.17, 15) is 0 Å². The molecule has 4 heterocycles. The molecule has 0 amide bonds. The van der Waals surface area contributed by atoms with Crippen LogP contribution in [0, 0.1) is 0 Å². The summed E-state index contributed by atoms with van der Waals surface area (Å²) >= 11 is 0. The van der Waals surface area contributed by atoms with E-state index in [0.29, 0.717) is 0 Å². The molecule has 0 fully saturated rings. The molecule has 2 aliphatic carbocycles. The molecule has 61 heavy (non-hydrogen) atoms. The van der Waals surface area contributed by atoms with Crippen molar-refractivity contribution in [3.63, 3.8) is 0 Å². The van der Waals surface area contributed by atoms with E-state index in [2.05, 4.69) is 183 Å². The van der Waals surface area contributed by atoms with Gasteiger partial charge in [-0.25, -0.2) is 4.98 Å². The number of hydrogen-bond donors (Lipinski definition) is 0. The Hall–Kier alpha value is -7.43. The second-order valence-corrected chi connectivity index (χ2v) is 17.7. The average molecular weight is 783 g/mol. The van der Waals surface area contributed by atoms with Gasteiger partial charge in [-0.05, 0) is 127 Å². The Morgan fingerprint density at radius 1 is 0.393 bits per heavy atom. The summed E-state index contributed by atoms with van der Waals surface area (Å²) in [6.07, 6.45) is 5.75. The molecule has 0 aliphatic heterocycles. The fourth-order valence-electron chi connectivity index (χ4n) is 10.4.